The zero-order chi connectivity index (χ0) is 19.2. The van der Waals surface area contributed by atoms with Crippen LogP contribution in [0.2, 0.25) is 5.02 Å². The molecule has 5 nitrogen and oxygen atoms in total. The van der Waals surface area contributed by atoms with Crippen LogP contribution in [0.15, 0.2) is 66.1 Å². The third-order valence-electron chi connectivity index (χ3n) is 4.00. The lowest BCUT2D eigenvalue weighted by molar-refractivity contribution is -0.119. The second-order valence-corrected chi connectivity index (χ2v) is 7.29. The van der Waals surface area contributed by atoms with Gasteiger partial charge in [0.2, 0.25) is 5.91 Å². The maximum Gasteiger partial charge on any atom is 0.230 e. The molecule has 0 saturated heterocycles. The van der Waals surface area contributed by atoms with E-state index >= 15 is 0 Å². The van der Waals surface area contributed by atoms with E-state index in [4.69, 9.17) is 16.3 Å². The van der Waals surface area contributed by atoms with Crippen molar-refractivity contribution in [3.05, 3.63) is 71.5 Å². The number of rotatable bonds is 7. The number of hydrogen-bond donors (Lipinski definition) is 1. The summed E-state index contributed by atoms with van der Waals surface area (Å²) in [5, 5.41) is 4.39. The molecule has 1 atom stereocenters. The van der Waals surface area contributed by atoms with Crippen LogP contribution < -0.4 is 10.1 Å². The van der Waals surface area contributed by atoms with Crippen LogP contribution in [0.3, 0.4) is 0 Å². The summed E-state index contributed by atoms with van der Waals surface area (Å²) >= 11 is 7.40. The van der Waals surface area contributed by atoms with Crippen LogP contribution >= 0.6 is 23.4 Å². The number of imidazole rings is 1. The number of benzene rings is 2. The first-order valence-electron chi connectivity index (χ1n) is 8.42. The van der Waals surface area contributed by atoms with E-state index in [0.29, 0.717) is 5.02 Å². The third kappa shape index (κ3) is 5.05. The summed E-state index contributed by atoms with van der Waals surface area (Å²) in [6.45, 7) is 1.94. The molecule has 3 aromatic rings. The minimum Gasteiger partial charge on any atom is -0.497 e. The van der Waals surface area contributed by atoms with E-state index < -0.39 is 0 Å². The van der Waals surface area contributed by atoms with Gasteiger partial charge in [-0.1, -0.05) is 41.6 Å². The molecule has 1 N–H and O–H groups in total. The molecule has 0 saturated carbocycles. The predicted molar refractivity (Wildman–Crippen MR) is 109 cm³/mol. The number of nitrogens with one attached hydrogen (secondary N) is 1. The van der Waals surface area contributed by atoms with Crippen molar-refractivity contribution in [3.8, 4) is 11.4 Å². The third-order valence-corrected chi connectivity index (χ3v) is 5.20. The fraction of sp³-hybridized carbons (Fsp3) is 0.200. The average molecular weight is 402 g/mol. The van der Waals surface area contributed by atoms with E-state index in [-0.39, 0.29) is 17.7 Å². The zero-order valence-electron chi connectivity index (χ0n) is 15.1. The average Bonchev–Trinajstić information content (AvgIpc) is 3.15. The van der Waals surface area contributed by atoms with Gasteiger partial charge in [0.1, 0.15) is 5.75 Å². The van der Waals surface area contributed by atoms with E-state index in [2.05, 4.69) is 10.3 Å². The lowest BCUT2D eigenvalue weighted by atomic mass is 10.1. The first-order valence-corrected chi connectivity index (χ1v) is 9.78. The summed E-state index contributed by atoms with van der Waals surface area (Å²) in [6.07, 6.45) is 3.58. The zero-order valence-corrected chi connectivity index (χ0v) is 16.6. The molecule has 1 aromatic heterocycles. The molecule has 27 heavy (non-hydrogen) atoms. The van der Waals surface area contributed by atoms with Crippen molar-refractivity contribution in [2.75, 3.05) is 12.9 Å². The molecular formula is C20H20ClN3O2S. The Morgan fingerprint density at radius 2 is 2.11 bits per heavy atom. The Kier molecular flexibility index (Phi) is 6.42. The molecule has 1 amide bonds. The Bertz CT molecular complexity index is 929. The number of methoxy groups -OCH3 is 1. The monoisotopic (exact) mass is 401 g/mol. The topological polar surface area (TPSA) is 56.2 Å². The minimum atomic E-state index is -0.116. The van der Waals surface area contributed by atoms with Crippen molar-refractivity contribution in [1.29, 1.82) is 0 Å². The van der Waals surface area contributed by atoms with Gasteiger partial charge >= 0.3 is 0 Å². The number of hydrogen-bond acceptors (Lipinski definition) is 4. The molecule has 0 spiro atoms. The SMILES string of the molecule is COc1cccc(-n2ccnc2SCC(=O)NC(C)c2cccc(Cl)c2)c1. The van der Waals surface area contributed by atoms with Crippen LogP contribution in [-0.4, -0.2) is 28.3 Å². The number of carbonyl (C=O) groups excluding carboxylic acids is 1. The molecule has 7 heteroatoms. The largest absolute Gasteiger partial charge is 0.497 e. The minimum absolute atomic E-state index is 0.0623. The highest BCUT2D eigenvalue weighted by Gasteiger charge is 2.13. The molecule has 0 bridgehead atoms. The number of amides is 1. The molecule has 0 fully saturated rings. The van der Waals surface area contributed by atoms with E-state index in [1.807, 2.05) is 66.2 Å². The Morgan fingerprint density at radius 1 is 1.30 bits per heavy atom. The van der Waals surface area contributed by atoms with Gasteiger partial charge in [-0.3, -0.25) is 9.36 Å². The van der Waals surface area contributed by atoms with Crippen LogP contribution in [0.1, 0.15) is 18.5 Å². The normalized spacial score (nSPS) is 11.8. The van der Waals surface area contributed by atoms with Gasteiger partial charge in [0.15, 0.2) is 5.16 Å². The van der Waals surface area contributed by atoms with Crippen molar-refractivity contribution in [2.45, 2.75) is 18.1 Å². The van der Waals surface area contributed by atoms with Crippen LogP contribution in [-0.2, 0) is 4.79 Å². The van der Waals surface area contributed by atoms with Crippen molar-refractivity contribution in [2.24, 2.45) is 0 Å². The number of halogens is 1. The lowest BCUT2D eigenvalue weighted by Gasteiger charge is -2.14. The fourth-order valence-electron chi connectivity index (χ4n) is 2.63. The molecule has 1 heterocycles. The summed E-state index contributed by atoms with van der Waals surface area (Å²) < 4.78 is 7.20. The quantitative estimate of drug-likeness (QED) is 0.592. The first-order chi connectivity index (χ1) is 13.1. The first kappa shape index (κ1) is 19.3. The summed E-state index contributed by atoms with van der Waals surface area (Å²) in [4.78, 5) is 16.7. The maximum absolute atomic E-state index is 12.3. The highest BCUT2D eigenvalue weighted by molar-refractivity contribution is 7.99. The Hall–Kier alpha value is -2.44. The van der Waals surface area contributed by atoms with E-state index in [1.165, 1.54) is 11.8 Å². The van der Waals surface area contributed by atoms with E-state index in [9.17, 15) is 4.79 Å². The van der Waals surface area contributed by atoms with Gasteiger partial charge in [0, 0.05) is 23.5 Å². The summed E-state index contributed by atoms with van der Waals surface area (Å²) in [5.41, 5.74) is 1.90. The van der Waals surface area contributed by atoms with Gasteiger partial charge in [-0.15, -0.1) is 0 Å². The predicted octanol–water partition coefficient (Wildman–Crippen LogP) is 4.50. The van der Waals surface area contributed by atoms with Crippen LogP contribution in [0, 0.1) is 0 Å². The van der Waals surface area contributed by atoms with E-state index in [1.54, 1.807) is 13.3 Å². The molecule has 1 unspecified atom stereocenters. The number of nitrogens with zero attached hydrogens (tertiary/aromatic N) is 2. The summed E-state index contributed by atoms with van der Waals surface area (Å²) in [6, 6.07) is 15.1. The number of carbonyl (C=O) groups is 1. The molecular weight excluding hydrogens is 382 g/mol. The smallest absolute Gasteiger partial charge is 0.230 e. The van der Waals surface area contributed by atoms with Crippen molar-refractivity contribution < 1.29 is 9.53 Å². The molecule has 140 valence electrons. The Morgan fingerprint density at radius 3 is 2.89 bits per heavy atom. The van der Waals surface area contributed by atoms with Gasteiger partial charge in [-0.25, -0.2) is 4.98 Å². The molecule has 3 rings (SSSR count). The van der Waals surface area contributed by atoms with Gasteiger partial charge in [0.25, 0.3) is 0 Å². The van der Waals surface area contributed by atoms with E-state index in [0.717, 1.165) is 22.2 Å². The van der Waals surface area contributed by atoms with Gasteiger partial charge in [0.05, 0.1) is 24.6 Å². The lowest BCUT2D eigenvalue weighted by Crippen LogP contribution is -2.28. The molecule has 0 aliphatic heterocycles. The molecule has 0 aliphatic rings. The molecule has 2 aromatic carbocycles. The Labute approximate surface area is 167 Å². The van der Waals surface area contributed by atoms with Gasteiger partial charge in [-0.2, -0.15) is 0 Å². The standard InChI is InChI=1S/C20H20ClN3O2S/c1-14(15-5-3-6-16(21)11-15)23-19(25)13-27-20-22-9-10-24(20)17-7-4-8-18(12-17)26-2/h3-12,14H,13H2,1-2H3,(H,23,25). The summed E-state index contributed by atoms with van der Waals surface area (Å²) in [5.74, 6) is 0.976. The Balaban J connectivity index is 1.62. The van der Waals surface area contributed by atoms with Crippen LogP contribution in [0.25, 0.3) is 5.69 Å². The van der Waals surface area contributed by atoms with Crippen molar-refractivity contribution in [1.82, 2.24) is 14.9 Å². The second kappa shape index (κ2) is 8.97. The second-order valence-electron chi connectivity index (χ2n) is 5.91. The highest BCUT2D eigenvalue weighted by atomic mass is 35.5. The highest BCUT2D eigenvalue weighted by Crippen LogP contribution is 2.23. The van der Waals surface area contributed by atoms with Crippen LogP contribution in [0.4, 0.5) is 0 Å². The fourth-order valence-corrected chi connectivity index (χ4v) is 3.61. The van der Waals surface area contributed by atoms with Crippen molar-refractivity contribution in [3.63, 3.8) is 0 Å². The molecule has 0 radical (unpaired) electrons. The van der Waals surface area contributed by atoms with Crippen LogP contribution in [0.5, 0.6) is 5.75 Å². The number of ether oxygens (including phenoxy) is 1. The number of thioether (sulfide) groups is 1. The maximum atomic E-state index is 12.3. The number of aromatic nitrogens is 2. The summed E-state index contributed by atoms with van der Waals surface area (Å²) in [7, 11) is 1.63. The molecule has 0 aliphatic carbocycles. The van der Waals surface area contributed by atoms with Gasteiger partial charge < -0.3 is 10.1 Å². The van der Waals surface area contributed by atoms with Crippen molar-refractivity contribution >= 4 is 29.3 Å². The van der Waals surface area contributed by atoms with Gasteiger partial charge in [-0.05, 0) is 36.8 Å².